The molecule has 0 bridgehead atoms. The Bertz CT molecular complexity index is 408. The minimum atomic E-state index is -1.55. The maximum atomic E-state index is 12.1. The van der Waals surface area contributed by atoms with Gasteiger partial charge in [0.05, 0.1) is 0 Å². The van der Waals surface area contributed by atoms with E-state index < -0.39 is 25.0 Å². The number of hydrogen-bond acceptors (Lipinski definition) is 4. The molecule has 2 N–H and O–H groups in total. The third kappa shape index (κ3) is 2.08. The Kier molecular flexibility index (Phi) is 3.07. The van der Waals surface area contributed by atoms with Gasteiger partial charge in [0.15, 0.2) is 0 Å². The van der Waals surface area contributed by atoms with Gasteiger partial charge in [0.1, 0.15) is 25.7 Å². The lowest BCUT2D eigenvalue weighted by Gasteiger charge is -2.46. The largest absolute Gasteiger partial charge is 0.480 e. The van der Waals surface area contributed by atoms with Gasteiger partial charge in [0.2, 0.25) is 5.91 Å². The molecule has 2 rings (SSSR count). The molecular weight excluding hydrogens is 268 g/mol. The van der Waals surface area contributed by atoms with Crippen molar-refractivity contribution < 1.29 is 14.7 Å². The molecule has 0 aromatic heterocycles. The number of carboxylic acid groups (broad SMARTS) is 1. The fourth-order valence-electron chi connectivity index (χ4n) is 2.61. The van der Waals surface area contributed by atoms with Gasteiger partial charge in [-0.2, -0.15) is 0 Å². The molecule has 0 radical (unpaired) electrons. The number of amides is 1. The molecule has 1 amide bonds. The lowest BCUT2D eigenvalue weighted by molar-refractivity contribution is -0.159. The minimum Gasteiger partial charge on any atom is -0.480 e. The lowest BCUT2D eigenvalue weighted by atomic mass is 9.96. The van der Waals surface area contributed by atoms with Crippen molar-refractivity contribution in [2.24, 2.45) is 0 Å². The van der Waals surface area contributed by atoms with Gasteiger partial charge in [-0.05, 0) is 13.8 Å². The minimum absolute atomic E-state index is 0.0275. The fraction of sp³-hybridized carbons (Fsp3) is 0.818. The summed E-state index contributed by atoms with van der Waals surface area (Å²) in [6.07, 6.45) is 0. The zero-order valence-corrected chi connectivity index (χ0v) is 13.2. The number of carbonyl (C=O) groups excluding carboxylic acids is 1. The molecule has 102 valence electrons. The van der Waals surface area contributed by atoms with Crippen LogP contribution in [0.1, 0.15) is 13.8 Å². The van der Waals surface area contributed by atoms with E-state index in [-0.39, 0.29) is 17.3 Å². The second-order valence-electron chi connectivity index (χ2n) is 6.47. The summed E-state index contributed by atoms with van der Waals surface area (Å²) in [6.45, 7) is 10.2. The smallest absolute Gasteiger partial charge is 0.327 e. The molecular formula is C11H20N2O3SSi. The molecule has 1 unspecified atom stereocenters. The first-order valence-electron chi connectivity index (χ1n) is 6.05. The van der Waals surface area contributed by atoms with Gasteiger partial charge >= 0.3 is 5.97 Å². The van der Waals surface area contributed by atoms with Crippen LogP contribution in [0.3, 0.4) is 0 Å². The number of aliphatic carboxylic acids is 1. The van der Waals surface area contributed by atoms with Crippen molar-refractivity contribution in [2.45, 2.75) is 55.7 Å². The zero-order valence-electron chi connectivity index (χ0n) is 11.4. The van der Waals surface area contributed by atoms with Gasteiger partial charge in [-0.3, -0.25) is 4.79 Å². The highest BCUT2D eigenvalue weighted by molar-refractivity contribution is 8.01. The highest BCUT2D eigenvalue weighted by Crippen LogP contribution is 2.50. The van der Waals surface area contributed by atoms with Crippen molar-refractivity contribution in [3.63, 3.8) is 0 Å². The molecule has 0 spiro atoms. The number of rotatable bonds is 3. The van der Waals surface area contributed by atoms with Gasteiger partial charge < -0.3 is 15.0 Å². The normalized spacial score (nSPS) is 34.2. The Morgan fingerprint density at radius 1 is 1.44 bits per heavy atom. The van der Waals surface area contributed by atoms with Crippen molar-refractivity contribution >= 4 is 31.9 Å². The number of carboxylic acids is 1. The maximum Gasteiger partial charge on any atom is 0.327 e. The highest BCUT2D eigenvalue weighted by Gasteiger charge is 2.64. The van der Waals surface area contributed by atoms with Crippen LogP contribution >= 0.6 is 11.8 Å². The Hall–Kier alpha value is -0.533. The number of nitrogens with zero attached hydrogens (tertiary/aromatic N) is 1. The number of β-lactam (4-membered cyclic amide) rings is 1. The number of nitrogens with one attached hydrogen (secondary N) is 1. The highest BCUT2D eigenvalue weighted by atomic mass is 32.2. The lowest BCUT2D eigenvalue weighted by Crippen LogP contribution is -2.72. The molecule has 0 aromatic rings. The van der Waals surface area contributed by atoms with Crippen LogP contribution in [-0.4, -0.2) is 52.3 Å². The summed E-state index contributed by atoms with van der Waals surface area (Å²) in [6, 6.07) is -0.912. The zero-order chi connectivity index (χ0) is 13.9. The summed E-state index contributed by atoms with van der Waals surface area (Å²) in [5.74, 6) is -0.970. The number of fused-ring (bicyclic) bond motifs is 1. The standard InChI is InChI=1S/C11H20N2O3SSi/c1-11(2)7(10(15)16)13-8(14)6(9(13)17-11)12-18(3,4)5/h6-7,9,12H,1-5H3,(H,15,16)/t6?,7-,9+/m0/s1. The van der Waals surface area contributed by atoms with Crippen LogP contribution < -0.4 is 4.98 Å². The molecule has 0 aliphatic carbocycles. The second kappa shape index (κ2) is 3.98. The van der Waals surface area contributed by atoms with Crippen molar-refractivity contribution in [3.05, 3.63) is 0 Å². The Morgan fingerprint density at radius 2 is 2.00 bits per heavy atom. The summed E-state index contributed by atoms with van der Waals surface area (Å²) in [4.78, 5) is 28.4. The number of carbonyl (C=O) groups is 2. The van der Waals surface area contributed by atoms with E-state index >= 15 is 0 Å². The van der Waals surface area contributed by atoms with Crippen LogP contribution in [0.25, 0.3) is 0 Å². The van der Waals surface area contributed by atoms with Crippen LogP contribution in [0.4, 0.5) is 0 Å². The fourth-order valence-corrected chi connectivity index (χ4v) is 5.57. The third-order valence-corrected chi connectivity index (χ3v) is 6.01. The molecule has 3 atom stereocenters. The van der Waals surface area contributed by atoms with E-state index in [0.717, 1.165) is 0 Å². The summed E-state index contributed by atoms with van der Waals surface area (Å²) in [5, 5.41) is 9.26. The molecule has 2 heterocycles. The van der Waals surface area contributed by atoms with Crippen LogP contribution in [0, 0.1) is 0 Å². The van der Waals surface area contributed by atoms with Crippen LogP contribution in [0.5, 0.6) is 0 Å². The van der Waals surface area contributed by atoms with E-state index in [4.69, 9.17) is 0 Å². The number of hydrogen-bond donors (Lipinski definition) is 2. The third-order valence-electron chi connectivity index (χ3n) is 3.26. The van der Waals surface area contributed by atoms with Crippen molar-refractivity contribution in [2.75, 3.05) is 0 Å². The topological polar surface area (TPSA) is 69.6 Å². The van der Waals surface area contributed by atoms with Crippen LogP contribution in [0.15, 0.2) is 0 Å². The van der Waals surface area contributed by atoms with Gasteiger partial charge in [0.25, 0.3) is 0 Å². The molecule has 5 nitrogen and oxygen atoms in total. The second-order valence-corrected chi connectivity index (χ2v) is 13.0. The molecule has 18 heavy (non-hydrogen) atoms. The van der Waals surface area contributed by atoms with Crippen LogP contribution in [0.2, 0.25) is 19.6 Å². The first kappa shape index (κ1) is 13.9. The molecule has 2 aliphatic rings. The van der Waals surface area contributed by atoms with E-state index in [1.165, 1.54) is 4.90 Å². The van der Waals surface area contributed by atoms with Crippen molar-refractivity contribution in [1.82, 2.24) is 9.88 Å². The SMILES string of the molecule is CC1(C)S[C@@H]2C(N[Si](C)(C)C)C(=O)N2[C@H]1C(=O)O. The summed E-state index contributed by atoms with van der Waals surface area (Å²) in [7, 11) is -1.55. The van der Waals surface area contributed by atoms with Gasteiger partial charge in [0, 0.05) is 4.75 Å². The van der Waals surface area contributed by atoms with Gasteiger partial charge in [-0.1, -0.05) is 19.6 Å². The van der Waals surface area contributed by atoms with E-state index in [2.05, 4.69) is 24.6 Å². The molecule has 0 saturated carbocycles. The number of thioether (sulfide) groups is 1. The van der Waals surface area contributed by atoms with Crippen molar-refractivity contribution in [1.29, 1.82) is 0 Å². The van der Waals surface area contributed by atoms with Gasteiger partial charge in [-0.25, -0.2) is 4.79 Å². The van der Waals surface area contributed by atoms with Crippen molar-refractivity contribution in [3.8, 4) is 0 Å². The average Bonchev–Trinajstić information content (AvgIpc) is 2.42. The summed E-state index contributed by atoms with van der Waals surface area (Å²) < 4.78 is -0.429. The Labute approximate surface area is 112 Å². The molecule has 2 fully saturated rings. The predicted molar refractivity (Wildman–Crippen MR) is 74.0 cm³/mol. The Balaban J connectivity index is 2.19. The van der Waals surface area contributed by atoms with Gasteiger partial charge in [-0.15, -0.1) is 11.8 Å². The summed E-state index contributed by atoms with van der Waals surface area (Å²) >= 11 is 1.59. The maximum absolute atomic E-state index is 12.1. The van der Waals surface area contributed by atoms with E-state index in [0.29, 0.717) is 0 Å². The predicted octanol–water partition coefficient (Wildman–Crippen LogP) is 0.926. The first-order chi connectivity index (χ1) is 8.04. The monoisotopic (exact) mass is 288 g/mol. The van der Waals surface area contributed by atoms with E-state index in [9.17, 15) is 14.7 Å². The van der Waals surface area contributed by atoms with E-state index in [1.807, 2.05) is 13.8 Å². The quantitative estimate of drug-likeness (QED) is 0.597. The molecule has 7 heteroatoms. The summed E-state index contributed by atoms with van der Waals surface area (Å²) in [5.41, 5.74) is 0. The average molecular weight is 288 g/mol. The van der Waals surface area contributed by atoms with Crippen LogP contribution in [-0.2, 0) is 9.59 Å². The molecule has 2 aliphatic heterocycles. The molecule has 2 saturated heterocycles. The Morgan fingerprint density at radius 3 is 2.44 bits per heavy atom. The molecule has 0 aromatic carbocycles. The van der Waals surface area contributed by atoms with E-state index in [1.54, 1.807) is 11.8 Å². The first-order valence-corrected chi connectivity index (χ1v) is 10.4.